The lowest BCUT2D eigenvalue weighted by atomic mass is 10.0. The fourth-order valence-electron chi connectivity index (χ4n) is 3.53. The van der Waals surface area contributed by atoms with Crippen LogP contribution in [0.1, 0.15) is 80.6 Å². The van der Waals surface area contributed by atoms with E-state index in [1.54, 1.807) is 4.90 Å². The van der Waals surface area contributed by atoms with E-state index in [0.717, 1.165) is 18.5 Å². The largest absolute Gasteiger partial charge is 1.00 e. The molecule has 0 amide bonds. The number of carbonyl (C=O) groups excluding carboxylic acids is 1. The highest BCUT2D eigenvalue weighted by Crippen LogP contribution is 2.11. The maximum atomic E-state index is 12.4. The van der Waals surface area contributed by atoms with Crippen LogP contribution in [0.4, 0.5) is 0 Å². The van der Waals surface area contributed by atoms with Gasteiger partial charge in [0.25, 0.3) is 0 Å². The van der Waals surface area contributed by atoms with Crippen molar-refractivity contribution >= 4 is 5.78 Å². The van der Waals surface area contributed by atoms with Crippen LogP contribution in [0.3, 0.4) is 0 Å². The minimum Gasteiger partial charge on any atom is -1.00 e. The number of carbonyl (C=O) groups is 1. The van der Waals surface area contributed by atoms with E-state index in [0.29, 0.717) is 12.2 Å². The summed E-state index contributed by atoms with van der Waals surface area (Å²) in [5, 5.41) is 0. The first-order chi connectivity index (χ1) is 11.3. The topological polar surface area (TPSA) is 21.5 Å². The molecule has 0 saturated carbocycles. The van der Waals surface area contributed by atoms with Crippen molar-refractivity contribution in [1.82, 2.24) is 0 Å². The number of halogens is 1. The fraction of sp³-hybridized carbons (Fsp3) is 0.667. The number of ketones is 1. The summed E-state index contributed by atoms with van der Waals surface area (Å²) in [5.41, 5.74) is 2.27. The van der Waals surface area contributed by atoms with Gasteiger partial charge in [-0.15, -0.1) is 0 Å². The Hall–Kier alpha value is -0.860. The Bertz CT molecular complexity index is 449. The van der Waals surface area contributed by atoms with Crippen LogP contribution in [0.2, 0.25) is 0 Å². The molecule has 2 rings (SSSR count). The monoisotopic (exact) mass is 351 g/mol. The molecule has 2 nitrogen and oxygen atoms in total. The van der Waals surface area contributed by atoms with Gasteiger partial charge in [0.15, 0.2) is 5.78 Å². The van der Waals surface area contributed by atoms with Gasteiger partial charge in [-0.2, -0.15) is 0 Å². The van der Waals surface area contributed by atoms with Gasteiger partial charge in [0.1, 0.15) is 0 Å². The van der Waals surface area contributed by atoms with Crippen LogP contribution in [0, 0.1) is 0 Å². The van der Waals surface area contributed by atoms with Gasteiger partial charge in [-0.1, -0.05) is 50.5 Å². The quantitative estimate of drug-likeness (QED) is 0.517. The third-order valence-electron chi connectivity index (χ3n) is 5.11. The summed E-state index contributed by atoms with van der Waals surface area (Å²) in [4.78, 5) is 14.0. The number of aryl methyl sites for hydroxylation is 1. The van der Waals surface area contributed by atoms with Crippen LogP contribution >= 0.6 is 0 Å². The lowest BCUT2D eigenvalue weighted by Crippen LogP contribution is -3.11. The molecule has 1 fully saturated rings. The Morgan fingerprint density at radius 2 is 1.62 bits per heavy atom. The lowest BCUT2D eigenvalue weighted by Gasteiger charge is -2.16. The highest BCUT2D eigenvalue weighted by molar-refractivity contribution is 5.96. The van der Waals surface area contributed by atoms with Gasteiger partial charge in [-0.05, 0) is 44.1 Å². The summed E-state index contributed by atoms with van der Waals surface area (Å²) in [5.74, 6) is 0.319. The molecular formula is C21H34ClNO. The molecule has 1 aromatic carbocycles. The molecule has 1 saturated heterocycles. The first kappa shape index (κ1) is 21.2. The molecule has 0 aromatic heterocycles. The highest BCUT2D eigenvalue weighted by atomic mass is 35.5. The molecule has 1 heterocycles. The Morgan fingerprint density at radius 3 is 2.25 bits per heavy atom. The van der Waals surface area contributed by atoms with Crippen molar-refractivity contribution in [2.75, 3.05) is 19.6 Å². The number of rotatable bonds is 9. The number of nitrogens with one attached hydrogen (secondary N) is 1. The molecule has 1 N–H and O–H groups in total. The molecule has 24 heavy (non-hydrogen) atoms. The van der Waals surface area contributed by atoms with Gasteiger partial charge in [0.05, 0.1) is 26.1 Å². The Kier molecular flexibility index (Phi) is 11.0. The van der Waals surface area contributed by atoms with Crippen LogP contribution in [0.5, 0.6) is 0 Å². The van der Waals surface area contributed by atoms with E-state index in [9.17, 15) is 4.79 Å². The van der Waals surface area contributed by atoms with Crippen molar-refractivity contribution in [3.8, 4) is 0 Å². The third-order valence-corrected chi connectivity index (χ3v) is 5.11. The Morgan fingerprint density at radius 1 is 0.958 bits per heavy atom. The molecule has 0 unspecified atom stereocenters. The number of benzene rings is 1. The van der Waals surface area contributed by atoms with E-state index in [4.69, 9.17) is 0 Å². The van der Waals surface area contributed by atoms with Crippen molar-refractivity contribution in [2.45, 2.75) is 71.1 Å². The average Bonchev–Trinajstić information content (AvgIpc) is 2.86. The van der Waals surface area contributed by atoms with Gasteiger partial charge in [-0.25, -0.2) is 0 Å². The van der Waals surface area contributed by atoms with E-state index in [1.807, 2.05) is 12.1 Å². The predicted molar refractivity (Wildman–Crippen MR) is 97.3 cm³/mol. The molecule has 0 aliphatic carbocycles. The molecule has 1 aromatic rings. The minimum absolute atomic E-state index is 0. The van der Waals surface area contributed by atoms with Crippen LogP contribution in [0.15, 0.2) is 24.3 Å². The van der Waals surface area contributed by atoms with Gasteiger partial charge >= 0.3 is 0 Å². The van der Waals surface area contributed by atoms with Crippen molar-refractivity contribution in [3.63, 3.8) is 0 Å². The van der Waals surface area contributed by atoms with Gasteiger partial charge in [0, 0.05) is 5.56 Å². The molecule has 0 atom stereocenters. The number of likely N-dealkylation sites (tertiary alicyclic amines) is 1. The van der Waals surface area contributed by atoms with Crippen LogP contribution in [0.25, 0.3) is 0 Å². The summed E-state index contributed by atoms with van der Waals surface area (Å²) in [6.45, 7) is 5.76. The zero-order chi connectivity index (χ0) is 16.3. The first-order valence-electron chi connectivity index (χ1n) is 9.75. The summed E-state index contributed by atoms with van der Waals surface area (Å²) >= 11 is 0. The number of quaternary nitrogens is 1. The summed E-state index contributed by atoms with van der Waals surface area (Å²) in [7, 11) is 0. The van der Waals surface area contributed by atoms with E-state index in [-0.39, 0.29) is 12.4 Å². The van der Waals surface area contributed by atoms with Gasteiger partial charge in [0.2, 0.25) is 0 Å². The van der Waals surface area contributed by atoms with Crippen molar-refractivity contribution in [2.24, 2.45) is 0 Å². The molecule has 1 aliphatic rings. The molecule has 1 aliphatic heterocycles. The highest BCUT2D eigenvalue weighted by Gasteiger charge is 2.14. The van der Waals surface area contributed by atoms with E-state index in [2.05, 4.69) is 19.1 Å². The van der Waals surface area contributed by atoms with Crippen molar-refractivity contribution < 1.29 is 22.1 Å². The zero-order valence-electron chi connectivity index (χ0n) is 15.3. The maximum absolute atomic E-state index is 12.4. The number of hydrogen-bond donors (Lipinski definition) is 1. The average molecular weight is 352 g/mol. The second-order valence-corrected chi connectivity index (χ2v) is 7.09. The molecule has 0 radical (unpaired) electrons. The van der Waals surface area contributed by atoms with Crippen molar-refractivity contribution in [1.29, 1.82) is 0 Å². The molecule has 3 heteroatoms. The summed E-state index contributed by atoms with van der Waals surface area (Å²) in [6, 6.07) is 8.38. The molecule has 0 bridgehead atoms. The van der Waals surface area contributed by atoms with Gasteiger partial charge in [-0.3, -0.25) is 4.79 Å². The molecular weight excluding hydrogens is 318 g/mol. The Balaban J connectivity index is 0.00000288. The predicted octanol–water partition coefficient (Wildman–Crippen LogP) is 0.845. The molecule has 0 spiro atoms. The molecule has 136 valence electrons. The first-order valence-corrected chi connectivity index (χ1v) is 9.75. The van der Waals surface area contributed by atoms with E-state index < -0.39 is 0 Å². The summed E-state index contributed by atoms with van der Waals surface area (Å²) in [6.07, 6.45) is 12.4. The standard InChI is InChI=1S/C21H33NO.ClH/c1-2-3-4-7-10-19-11-13-20(14-12-19)21(23)15-18-22-16-8-5-6-9-17-22;/h11-14H,2-10,15-18H2,1H3;1H. The fourth-order valence-corrected chi connectivity index (χ4v) is 3.53. The maximum Gasteiger partial charge on any atom is 0.168 e. The van der Waals surface area contributed by atoms with Crippen molar-refractivity contribution in [3.05, 3.63) is 35.4 Å². The van der Waals surface area contributed by atoms with Crippen LogP contribution < -0.4 is 17.3 Å². The minimum atomic E-state index is 0. The zero-order valence-corrected chi connectivity index (χ0v) is 16.0. The van der Waals surface area contributed by atoms with Gasteiger partial charge < -0.3 is 17.3 Å². The second-order valence-electron chi connectivity index (χ2n) is 7.09. The number of hydrogen-bond acceptors (Lipinski definition) is 1. The van der Waals surface area contributed by atoms with Crippen LogP contribution in [-0.4, -0.2) is 25.4 Å². The second kappa shape index (κ2) is 12.5. The number of Topliss-reactive ketones (excluding diaryl/α,β-unsaturated/α-hetero) is 1. The summed E-state index contributed by atoms with van der Waals surface area (Å²) < 4.78 is 0. The smallest absolute Gasteiger partial charge is 0.168 e. The Labute approximate surface area is 154 Å². The SMILES string of the molecule is CCCCCCc1ccc(C(=O)CC[NH+]2CCCCCC2)cc1.[Cl-]. The van der Waals surface area contributed by atoms with E-state index >= 15 is 0 Å². The normalized spacial score (nSPS) is 15.5. The van der Waals surface area contributed by atoms with Crippen LogP contribution in [-0.2, 0) is 6.42 Å². The third kappa shape index (κ3) is 7.81. The van der Waals surface area contributed by atoms with E-state index in [1.165, 1.54) is 70.0 Å². The lowest BCUT2D eigenvalue weighted by molar-refractivity contribution is -0.898. The number of unbranched alkanes of at least 4 members (excludes halogenated alkanes) is 3.